The zero-order valence-corrected chi connectivity index (χ0v) is 11.6. The number of aliphatic hydroxyl groups excluding tert-OH is 1. The summed E-state index contributed by atoms with van der Waals surface area (Å²) in [4.78, 5) is 12.6. The minimum absolute atomic E-state index is 0.0123. The molecular formula is C16H22N2O2. The summed E-state index contributed by atoms with van der Waals surface area (Å²) < 4.78 is 0. The zero-order chi connectivity index (χ0) is 14.2. The van der Waals surface area contributed by atoms with Crippen LogP contribution in [0.4, 0.5) is 0 Å². The van der Waals surface area contributed by atoms with Gasteiger partial charge in [-0.3, -0.25) is 4.79 Å². The molecule has 0 spiro atoms. The summed E-state index contributed by atoms with van der Waals surface area (Å²) in [6.07, 6.45) is 3.92. The first-order valence-electron chi connectivity index (χ1n) is 7.43. The molecule has 2 aliphatic carbocycles. The van der Waals surface area contributed by atoms with E-state index in [1.54, 1.807) is 0 Å². The van der Waals surface area contributed by atoms with Gasteiger partial charge in [0.15, 0.2) is 0 Å². The predicted molar refractivity (Wildman–Crippen MR) is 77.0 cm³/mol. The van der Waals surface area contributed by atoms with Gasteiger partial charge in [-0.15, -0.1) is 0 Å². The fourth-order valence-electron chi connectivity index (χ4n) is 3.62. The average molecular weight is 274 g/mol. The molecule has 0 heterocycles. The van der Waals surface area contributed by atoms with Gasteiger partial charge in [0, 0.05) is 13.0 Å². The van der Waals surface area contributed by atoms with Crippen LogP contribution >= 0.6 is 0 Å². The maximum atomic E-state index is 12.6. The van der Waals surface area contributed by atoms with E-state index in [1.807, 2.05) is 24.3 Å². The van der Waals surface area contributed by atoms with Gasteiger partial charge in [-0.2, -0.15) is 0 Å². The van der Waals surface area contributed by atoms with Gasteiger partial charge < -0.3 is 16.2 Å². The second-order valence-corrected chi connectivity index (χ2v) is 6.11. The SMILES string of the molecule is NCC1(C(=O)N[C@@H]2c3ccccc3C[C@@H]2O)CCCC1. The fourth-order valence-corrected chi connectivity index (χ4v) is 3.62. The highest BCUT2D eigenvalue weighted by Gasteiger charge is 2.42. The number of rotatable bonds is 3. The van der Waals surface area contributed by atoms with Crippen molar-refractivity contribution in [2.75, 3.05) is 6.54 Å². The summed E-state index contributed by atoms with van der Waals surface area (Å²) in [5.41, 5.74) is 7.59. The normalized spacial score (nSPS) is 27.3. The molecule has 3 rings (SSSR count). The Labute approximate surface area is 119 Å². The zero-order valence-electron chi connectivity index (χ0n) is 11.6. The highest BCUT2D eigenvalue weighted by atomic mass is 16.3. The molecule has 2 aliphatic rings. The van der Waals surface area contributed by atoms with Crippen LogP contribution in [0.1, 0.15) is 42.9 Å². The quantitative estimate of drug-likeness (QED) is 0.777. The highest BCUT2D eigenvalue weighted by molar-refractivity contribution is 5.83. The molecule has 0 unspecified atom stereocenters. The molecule has 1 aromatic carbocycles. The predicted octanol–water partition coefficient (Wildman–Crippen LogP) is 1.28. The van der Waals surface area contributed by atoms with Crippen LogP contribution in [0, 0.1) is 5.41 Å². The molecule has 1 aromatic rings. The van der Waals surface area contributed by atoms with Gasteiger partial charge in [0.1, 0.15) is 0 Å². The van der Waals surface area contributed by atoms with E-state index in [1.165, 1.54) is 0 Å². The minimum Gasteiger partial charge on any atom is -0.390 e. The fraction of sp³-hybridized carbons (Fsp3) is 0.562. The molecular weight excluding hydrogens is 252 g/mol. The second kappa shape index (κ2) is 5.19. The summed E-state index contributed by atoms with van der Waals surface area (Å²) in [7, 11) is 0. The number of carbonyl (C=O) groups excluding carboxylic acids is 1. The van der Waals surface area contributed by atoms with E-state index < -0.39 is 11.5 Å². The molecule has 0 radical (unpaired) electrons. The van der Waals surface area contributed by atoms with E-state index in [0.717, 1.165) is 36.8 Å². The molecule has 4 N–H and O–H groups in total. The summed E-state index contributed by atoms with van der Waals surface area (Å²) >= 11 is 0. The number of hydrogen-bond acceptors (Lipinski definition) is 3. The lowest BCUT2D eigenvalue weighted by Crippen LogP contribution is -2.47. The van der Waals surface area contributed by atoms with Crippen molar-refractivity contribution in [1.29, 1.82) is 0 Å². The lowest BCUT2D eigenvalue weighted by atomic mass is 9.85. The van der Waals surface area contributed by atoms with Crippen molar-refractivity contribution in [3.8, 4) is 0 Å². The summed E-state index contributed by atoms with van der Waals surface area (Å²) in [5.74, 6) is 0.0123. The smallest absolute Gasteiger partial charge is 0.228 e. The molecule has 0 bridgehead atoms. The molecule has 4 nitrogen and oxygen atoms in total. The molecule has 108 valence electrons. The molecule has 0 saturated heterocycles. The van der Waals surface area contributed by atoms with Crippen LogP contribution in [-0.4, -0.2) is 23.7 Å². The summed E-state index contributed by atoms with van der Waals surface area (Å²) in [6.45, 7) is 0.392. The second-order valence-electron chi connectivity index (χ2n) is 6.11. The van der Waals surface area contributed by atoms with Gasteiger partial charge >= 0.3 is 0 Å². The van der Waals surface area contributed by atoms with Crippen LogP contribution in [0.15, 0.2) is 24.3 Å². The first-order valence-corrected chi connectivity index (χ1v) is 7.43. The van der Waals surface area contributed by atoms with Gasteiger partial charge in [-0.05, 0) is 24.0 Å². The molecule has 0 aromatic heterocycles. The van der Waals surface area contributed by atoms with Gasteiger partial charge in [0.25, 0.3) is 0 Å². The standard InChI is InChI=1S/C16H22N2O2/c17-10-16(7-3-4-8-16)15(20)18-14-12-6-2-1-5-11(12)9-13(14)19/h1-2,5-6,13-14,19H,3-4,7-10,17H2,(H,18,20)/t13-,14+/m0/s1. The average Bonchev–Trinajstić information content (AvgIpc) is 3.05. The van der Waals surface area contributed by atoms with Crippen LogP contribution in [0.2, 0.25) is 0 Å². The van der Waals surface area contributed by atoms with Gasteiger partial charge in [0.05, 0.1) is 17.6 Å². The number of nitrogens with one attached hydrogen (secondary N) is 1. The molecule has 20 heavy (non-hydrogen) atoms. The largest absolute Gasteiger partial charge is 0.390 e. The van der Waals surface area contributed by atoms with E-state index in [0.29, 0.717) is 13.0 Å². The van der Waals surface area contributed by atoms with E-state index in [2.05, 4.69) is 5.32 Å². The third kappa shape index (κ3) is 2.13. The number of benzene rings is 1. The van der Waals surface area contributed by atoms with Crippen LogP contribution in [0.25, 0.3) is 0 Å². The Morgan fingerprint density at radius 1 is 1.35 bits per heavy atom. The van der Waals surface area contributed by atoms with Crippen LogP contribution in [0.5, 0.6) is 0 Å². The van der Waals surface area contributed by atoms with E-state index >= 15 is 0 Å². The Kier molecular flexibility index (Phi) is 3.52. The first-order chi connectivity index (χ1) is 9.66. The van der Waals surface area contributed by atoms with Crippen LogP contribution in [0.3, 0.4) is 0 Å². The topological polar surface area (TPSA) is 75.4 Å². The first kappa shape index (κ1) is 13.6. The Morgan fingerprint density at radius 2 is 2.05 bits per heavy atom. The Bertz CT molecular complexity index is 509. The number of aliphatic hydroxyl groups is 1. The molecule has 2 atom stereocenters. The van der Waals surface area contributed by atoms with Crippen molar-refractivity contribution in [3.05, 3.63) is 35.4 Å². The number of carbonyl (C=O) groups is 1. The molecule has 1 fully saturated rings. The van der Waals surface area contributed by atoms with Gasteiger partial charge in [0.2, 0.25) is 5.91 Å². The number of nitrogens with two attached hydrogens (primary N) is 1. The Morgan fingerprint density at radius 3 is 2.75 bits per heavy atom. The van der Waals surface area contributed by atoms with Crippen molar-refractivity contribution in [2.24, 2.45) is 11.1 Å². The minimum atomic E-state index is -0.535. The lowest BCUT2D eigenvalue weighted by molar-refractivity contribution is -0.131. The number of hydrogen-bond donors (Lipinski definition) is 3. The van der Waals surface area contributed by atoms with Crippen molar-refractivity contribution >= 4 is 5.91 Å². The summed E-state index contributed by atoms with van der Waals surface area (Å²) in [5, 5.41) is 13.3. The van der Waals surface area contributed by atoms with Crippen molar-refractivity contribution < 1.29 is 9.90 Å². The maximum absolute atomic E-state index is 12.6. The van der Waals surface area contributed by atoms with E-state index in [4.69, 9.17) is 5.73 Å². The van der Waals surface area contributed by atoms with Gasteiger partial charge in [-0.1, -0.05) is 37.1 Å². The lowest BCUT2D eigenvalue weighted by Gasteiger charge is -2.29. The molecule has 1 amide bonds. The molecule has 0 aliphatic heterocycles. The van der Waals surface area contributed by atoms with E-state index in [9.17, 15) is 9.90 Å². The van der Waals surface area contributed by atoms with Crippen LogP contribution < -0.4 is 11.1 Å². The van der Waals surface area contributed by atoms with E-state index in [-0.39, 0.29) is 11.9 Å². The Hall–Kier alpha value is -1.39. The monoisotopic (exact) mass is 274 g/mol. The highest BCUT2D eigenvalue weighted by Crippen LogP contribution is 2.39. The third-order valence-corrected chi connectivity index (χ3v) is 4.92. The van der Waals surface area contributed by atoms with Crippen molar-refractivity contribution in [2.45, 2.75) is 44.2 Å². The summed E-state index contributed by atoms with van der Waals surface area (Å²) in [6, 6.07) is 7.63. The van der Waals surface area contributed by atoms with Crippen molar-refractivity contribution in [3.63, 3.8) is 0 Å². The van der Waals surface area contributed by atoms with Crippen molar-refractivity contribution in [1.82, 2.24) is 5.32 Å². The molecule has 1 saturated carbocycles. The number of fused-ring (bicyclic) bond motifs is 1. The third-order valence-electron chi connectivity index (χ3n) is 4.92. The Balaban J connectivity index is 1.79. The maximum Gasteiger partial charge on any atom is 0.228 e. The molecule has 4 heteroatoms. The van der Waals surface area contributed by atoms with Crippen LogP contribution in [-0.2, 0) is 11.2 Å². The number of amides is 1. The van der Waals surface area contributed by atoms with Gasteiger partial charge in [-0.25, -0.2) is 0 Å².